The average Bonchev–Trinajstić information content (AvgIpc) is 2.73. The maximum atomic E-state index is 11.8. The van der Waals surface area contributed by atoms with Gasteiger partial charge in [-0.25, -0.2) is 4.79 Å². The van der Waals surface area contributed by atoms with Crippen molar-refractivity contribution in [1.29, 1.82) is 0 Å². The first kappa shape index (κ1) is 22.5. The molecule has 0 fully saturated rings. The number of aromatic amines is 2. The van der Waals surface area contributed by atoms with Crippen LogP contribution in [0.25, 0.3) is 12.2 Å². The standard InChI is InChI=1S/C20H15Br2N3O6/c1-30-14-9-12(7-8-13-17(25(28)29)19(26)24-20(27)23-13)15(21)16(22)18(14)31-10-11-5-3-2-4-6-11/h2-9H,10H2,1H3,(H2,23,24,26,27)/b8-7+. The number of rotatable bonds is 7. The van der Waals surface area contributed by atoms with Crippen molar-refractivity contribution in [3.8, 4) is 11.5 Å². The summed E-state index contributed by atoms with van der Waals surface area (Å²) < 4.78 is 12.5. The fourth-order valence-electron chi connectivity index (χ4n) is 2.71. The summed E-state index contributed by atoms with van der Waals surface area (Å²) in [4.78, 5) is 37.7. The molecule has 9 nitrogen and oxygen atoms in total. The van der Waals surface area contributed by atoms with Crippen LogP contribution in [0.1, 0.15) is 16.8 Å². The fraction of sp³-hybridized carbons (Fsp3) is 0.100. The summed E-state index contributed by atoms with van der Waals surface area (Å²) in [6, 6.07) is 11.3. The number of nitrogens with one attached hydrogen (secondary N) is 2. The number of benzene rings is 2. The molecule has 0 aliphatic rings. The van der Waals surface area contributed by atoms with Crippen molar-refractivity contribution in [3.05, 3.63) is 93.1 Å². The molecule has 3 aromatic rings. The van der Waals surface area contributed by atoms with E-state index >= 15 is 0 Å². The highest BCUT2D eigenvalue weighted by molar-refractivity contribution is 9.13. The summed E-state index contributed by atoms with van der Waals surface area (Å²) in [5.74, 6) is 0.880. The highest BCUT2D eigenvalue weighted by Crippen LogP contribution is 2.43. The summed E-state index contributed by atoms with van der Waals surface area (Å²) in [7, 11) is 1.48. The highest BCUT2D eigenvalue weighted by atomic mass is 79.9. The van der Waals surface area contributed by atoms with Crippen LogP contribution >= 0.6 is 31.9 Å². The van der Waals surface area contributed by atoms with Crippen molar-refractivity contribution in [2.24, 2.45) is 0 Å². The van der Waals surface area contributed by atoms with Crippen molar-refractivity contribution in [2.45, 2.75) is 6.61 Å². The van der Waals surface area contributed by atoms with Crippen molar-refractivity contribution < 1.29 is 14.4 Å². The molecule has 11 heteroatoms. The van der Waals surface area contributed by atoms with E-state index in [1.54, 1.807) is 6.07 Å². The Morgan fingerprint density at radius 1 is 1.10 bits per heavy atom. The summed E-state index contributed by atoms with van der Waals surface area (Å²) in [6.07, 6.45) is 2.77. The Balaban J connectivity index is 1.98. The molecule has 160 valence electrons. The molecule has 0 bridgehead atoms. The van der Waals surface area contributed by atoms with Crippen LogP contribution < -0.4 is 20.7 Å². The van der Waals surface area contributed by atoms with Crippen molar-refractivity contribution in [2.75, 3.05) is 7.11 Å². The predicted octanol–water partition coefficient (Wildman–Crippen LogP) is 4.25. The van der Waals surface area contributed by atoms with E-state index in [4.69, 9.17) is 9.47 Å². The van der Waals surface area contributed by atoms with E-state index in [2.05, 4.69) is 36.8 Å². The van der Waals surface area contributed by atoms with Gasteiger partial charge in [-0.05, 0) is 55.1 Å². The maximum absolute atomic E-state index is 11.8. The van der Waals surface area contributed by atoms with Crippen LogP contribution in [-0.4, -0.2) is 22.0 Å². The fourth-order valence-corrected chi connectivity index (χ4v) is 3.68. The van der Waals surface area contributed by atoms with Gasteiger partial charge in [0.15, 0.2) is 11.5 Å². The van der Waals surface area contributed by atoms with Gasteiger partial charge in [-0.2, -0.15) is 0 Å². The first-order valence-electron chi connectivity index (χ1n) is 8.73. The van der Waals surface area contributed by atoms with Crippen LogP contribution in [0.2, 0.25) is 0 Å². The van der Waals surface area contributed by atoms with E-state index in [-0.39, 0.29) is 5.69 Å². The third kappa shape index (κ3) is 5.12. The smallest absolute Gasteiger partial charge is 0.357 e. The minimum atomic E-state index is -1.09. The SMILES string of the molecule is COc1cc(/C=C/c2[nH]c(=O)[nH]c(=O)c2[N+](=O)[O-])c(Br)c(Br)c1OCc1ccccc1. The lowest BCUT2D eigenvalue weighted by Crippen LogP contribution is -2.25. The number of hydrogen-bond acceptors (Lipinski definition) is 6. The molecule has 0 atom stereocenters. The van der Waals surface area contributed by atoms with Crippen LogP contribution in [-0.2, 0) is 6.61 Å². The normalized spacial score (nSPS) is 10.9. The van der Waals surface area contributed by atoms with Crippen LogP contribution in [0, 0.1) is 10.1 Å². The van der Waals surface area contributed by atoms with Crippen molar-refractivity contribution in [3.63, 3.8) is 0 Å². The lowest BCUT2D eigenvalue weighted by Gasteiger charge is -2.15. The first-order chi connectivity index (χ1) is 14.8. The summed E-state index contributed by atoms with van der Waals surface area (Å²) in [5.41, 5.74) is -1.40. The Hall–Kier alpha value is -3.18. The predicted molar refractivity (Wildman–Crippen MR) is 122 cm³/mol. The molecule has 0 saturated heterocycles. The monoisotopic (exact) mass is 551 g/mol. The molecule has 0 aliphatic heterocycles. The Bertz CT molecular complexity index is 1270. The van der Waals surface area contributed by atoms with Gasteiger partial charge in [0.1, 0.15) is 12.3 Å². The molecule has 2 aromatic carbocycles. The molecule has 0 unspecified atom stereocenters. The highest BCUT2D eigenvalue weighted by Gasteiger charge is 2.20. The van der Waals surface area contributed by atoms with Gasteiger partial charge in [0, 0.05) is 4.47 Å². The zero-order chi connectivity index (χ0) is 22.5. The van der Waals surface area contributed by atoms with Crippen molar-refractivity contribution in [1.82, 2.24) is 9.97 Å². The Morgan fingerprint density at radius 3 is 2.45 bits per heavy atom. The third-order valence-corrected chi connectivity index (χ3v) is 6.30. The quantitative estimate of drug-likeness (QED) is 0.333. The second-order valence-electron chi connectivity index (χ2n) is 6.16. The van der Waals surface area contributed by atoms with Gasteiger partial charge < -0.3 is 14.5 Å². The lowest BCUT2D eigenvalue weighted by molar-refractivity contribution is -0.386. The van der Waals surface area contributed by atoms with Gasteiger partial charge in [-0.3, -0.25) is 19.9 Å². The molecule has 1 aromatic heterocycles. The van der Waals surface area contributed by atoms with Crippen molar-refractivity contribution >= 4 is 49.7 Å². The molecule has 31 heavy (non-hydrogen) atoms. The van der Waals surface area contributed by atoms with Gasteiger partial charge in [0.05, 0.1) is 16.5 Å². The van der Waals surface area contributed by atoms with Gasteiger partial charge in [-0.15, -0.1) is 0 Å². The molecule has 0 radical (unpaired) electrons. The molecule has 2 N–H and O–H groups in total. The summed E-state index contributed by atoms with van der Waals surface area (Å²) in [6.45, 7) is 0.317. The maximum Gasteiger partial charge on any atom is 0.357 e. The second kappa shape index (κ2) is 9.75. The second-order valence-corrected chi connectivity index (χ2v) is 7.75. The number of H-pyrrole nitrogens is 2. The first-order valence-corrected chi connectivity index (χ1v) is 10.3. The van der Waals surface area contributed by atoms with E-state index in [1.165, 1.54) is 19.3 Å². The van der Waals surface area contributed by atoms with Crippen LogP contribution in [0.3, 0.4) is 0 Å². The van der Waals surface area contributed by atoms with E-state index in [9.17, 15) is 19.7 Å². The molecule has 0 spiro atoms. The molecule has 1 heterocycles. The molecule has 3 rings (SSSR count). The number of ether oxygens (including phenoxy) is 2. The number of hydrogen-bond donors (Lipinski definition) is 2. The summed E-state index contributed by atoms with van der Waals surface area (Å²) >= 11 is 6.94. The Morgan fingerprint density at radius 2 is 1.81 bits per heavy atom. The average molecular weight is 553 g/mol. The largest absolute Gasteiger partial charge is 0.493 e. The van der Waals surface area contributed by atoms with E-state index in [0.29, 0.717) is 32.6 Å². The zero-order valence-corrected chi connectivity index (χ0v) is 19.2. The molecule has 0 amide bonds. The topological polar surface area (TPSA) is 127 Å². The minimum Gasteiger partial charge on any atom is -0.493 e. The summed E-state index contributed by atoms with van der Waals surface area (Å²) in [5, 5.41) is 11.2. The van der Waals surface area contributed by atoms with Gasteiger partial charge in [0.2, 0.25) is 0 Å². The number of methoxy groups -OCH3 is 1. The van der Waals surface area contributed by atoms with E-state index in [1.807, 2.05) is 35.3 Å². The van der Waals surface area contributed by atoms with E-state index < -0.39 is 21.9 Å². The molecular formula is C20H15Br2N3O6. The third-order valence-electron chi connectivity index (χ3n) is 4.16. The Labute approximate surface area is 192 Å². The van der Waals surface area contributed by atoms with Crippen LogP contribution in [0.5, 0.6) is 11.5 Å². The molecule has 0 saturated carbocycles. The van der Waals surface area contributed by atoms with Crippen LogP contribution in [0.4, 0.5) is 5.69 Å². The number of halogens is 2. The van der Waals surface area contributed by atoms with Gasteiger partial charge in [0.25, 0.3) is 0 Å². The number of nitrogens with zero attached hydrogens (tertiary/aromatic N) is 1. The van der Waals surface area contributed by atoms with Crippen LogP contribution in [0.15, 0.2) is 54.9 Å². The minimum absolute atomic E-state index is 0.231. The lowest BCUT2D eigenvalue weighted by atomic mass is 10.1. The van der Waals surface area contributed by atoms with E-state index in [0.717, 1.165) is 5.56 Å². The molecule has 0 aliphatic carbocycles. The number of aromatic nitrogens is 2. The Kier molecular flexibility index (Phi) is 7.08. The van der Waals surface area contributed by atoms with Gasteiger partial charge >= 0.3 is 16.9 Å². The van der Waals surface area contributed by atoms with Gasteiger partial charge in [-0.1, -0.05) is 36.4 Å². The number of nitro groups is 1. The zero-order valence-electron chi connectivity index (χ0n) is 16.0. The molecular weight excluding hydrogens is 538 g/mol.